The van der Waals surface area contributed by atoms with Crippen LogP contribution in [0, 0.1) is 0 Å². The molecule has 0 unspecified atom stereocenters. The SMILES string of the molecule is CC(=O)N[C@@H]1[C@@H](O)[C@H](O)[C@@H](CO)O[C@H]1n1cc(COc2cccc(OCc3cn([C@@H]4O[C@H](CO)[C@@H](O)[C@H](O)[C@H]4NC(C)=O)nn3)c2)nn1. The highest BCUT2D eigenvalue weighted by Gasteiger charge is 2.47. The molecule has 3 aromatic rings. The van der Waals surface area contributed by atoms with E-state index in [2.05, 4.69) is 31.3 Å². The van der Waals surface area contributed by atoms with E-state index in [9.17, 15) is 40.2 Å². The highest BCUT2D eigenvalue weighted by atomic mass is 16.6. The standard InChI is InChI=1S/C28H38N8O12/c1-13(39)29-21-25(43)23(41)19(9-37)47-27(21)35-7-15(31-33-35)11-45-17-4-3-5-18(6-17)46-12-16-8-36(34-32-16)28-22(30-14(2)40)26(44)24(42)20(10-38)48-28/h3-8,19-28,37-38,41-44H,9-12H2,1-2H3,(H,29,39)(H,30,40)/t19-,20-,21-,22-,23-,24-,25-,26-,27-,28-/m1/s1. The number of ether oxygens (including phenoxy) is 4. The highest BCUT2D eigenvalue weighted by Crippen LogP contribution is 2.30. The first-order valence-corrected chi connectivity index (χ1v) is 14.9. The zero-order valence-corrected chi connectivity index (χ0v) is 25.9. The molecule has 0 spiro atoms. The van der Waals surface area contributed by atoms with Gasteiger partial charge in [-0.2, -0.15) is 0 Å². The first-order valence-electron chi connectivity index (χ1n) is 14.9. The van der Waals surface area contributed by atoms with E-state index in [1.54, 1.807) is 24.3 Å². The quantitative estimate of drug-likeness (QED) is 0.0914. The Labute approximate surface area is 272 Å². The van der Waals surface area contributed by atoms with Gasteiger partial charge in [-0.3, -0.25) is 9.59 Å². The fourth-order valence-electron chi connectivity index (χ4n) is 5.41. The molecule has 2 aliphatic heterocycles. The van der Waals surface area contributed by atoms with E-state index in [0.29, 0.717) is 22.9 Å². The topological polar surface area (TPSA) is 278 Å². The molecular weight excluding hydrogens is 640 g/mol. The highest BCUT2D eigenvalue weighted by molar-refractivity contribution is 5.73. The first-order chi connectivity index (χ1) is 23.0. The fraction of sp³-hybridized carbons (Fsp3) is 0.571. The maximum Gasteiger partial charge on any atom is 0.217 e. The predicted octanol–water partition coefficient (Wildman–Crippen LogP) is -3.74. The average Bonchev–Trinajstić information content (AvgIpc) is 3.74. The molecule has 4 heterocycles. The Bertz CT molecular complexity index is 1430. The van der Waals surface area contributed by atoms with Crippen LogP contribution in [0.15, 0.2) is 36.7 Å². The van der Waals surface area contributed by atoms with E-state index in [1.807, 2.05) is 0 Å². The molecule has 2 aromatic heterocycles. The second kappa shape index (κ2) is 15.3. The van der Waals surface area contributed by atoms with Crippen LogP contribution in [0.25, 0.3) is 0 Å². The summed E-state index contributed by atoms with van der Waals surface area (Å²) in [5.41, 5.74) is 0.737. The summed E-state index contributed by atoms with van der Waals surface area (Å²) in [5.74, 6) is -0.0939. The number of benzene rings is 1. The number of amides is 2. The van der Waals surface area contributed by atoms with Gasteiger partial charge in [-0.15, -0.1) is 10.2 Å². The smallest absolute Gasteiger partial charge is 0.217 e. The molecule has 262 valence electrons. The van der Waals surface area contributed by atoms with Crippen molar-refractivity contribution < 1.29 is 59.2 Å². The van der Waals surface area contributed by atoms with Crippen molar-refractivity contribution in [3.8, 4) is 11.5 Å². The van der Waals surface area contributed by atoms with Crippen molar-refractivity contribution in [2.75, 3.05) is 13.2 Å². The maximum absolute atomic E-state index is 11.7. The zero-order chi connectivity index (χ0) is 34.5. The van der Waals surface area contributed by atoms with Crippen molar-refractivity contribution in [1.29, 1.82) is 0 Å². The van der Waals surface area contributed by atoms with Crippen molar-refractivity contribution in [3.63, 3.8) is 0 Å². The Balaban J connectivity index is 1.19. The monoisotopic (exact) mass is 678 g/mol. The number of carbonyl (C=O) groups excluding carboxylic acids is 2. The van der Waals surface area contributed by atoms with Crippen LogP contribution in [0.5, 0.6) is 11.5 Å². The summed E-state index contributed by atoms with van der Waals surface area (Å²) < 4.78 is 25.6. The normalized spacial score (nSPS) is 30.4. The lowest BCUT2D eigenvalue weighted by Crippen LogP contribution is -2.62. The van der Waals surface area contributed by atoms with Gasteiger partial charge < -0.3 is 60.2 Å². The number of rotatable bonds is 12. The Morgan fingerprint density at radius 3 is 1.54 bits per heavy atom. The number of aromatic nitrogens is 6. The molecule has 2 aliphatic rings. The average molecular weight is 679 g/mol. The number of nitrogens with zero attached hydrogens (tertiary/aromatic N) is 6. The van der Waals surface area contributed by atoms with Crippen molar-refractivity contribution >= 4 is 11.8 Å². The Morgan fingerprint density at radius 2 is 1.17 bits per heavy atom. The van der Waals surface area contributed by atoms with E-state index < -0.39 is 86.2 Å². The van der Waals surface area contributed by atoms with Gasteiger partial charge in [0, 0.05) is 19.9 Å². The van der Waals surface area contributed by atoms with E-state index in [4.69, 9.17) is 18.9 Å². The van der Waals surface area contributed by atoms with Crippen LogP contribution in [-0.4, -0.2) is 134 Å². The molecule has 1 aromatic carbocycles. The molecule has 0 bridgehead atoms. The number of hydrogen-bond acceptors (Lipinski definition) is 16. The zero-order valence-electron chi connectivity index (χ0n) is 25.9. The first kappa shape index (κ1) is 35.0. The van der Waals surface area contributed by atoms with Gasteiger partial charge in [0.25, 0.3) is 0 Å². The van der Waals surface area contributed by atoms with E-state index in [1.165, 1.54) is 35.6 Å². The minimum Gasteiger partial charge on any atom is -0.487 e. The molecule has 5 rings (SSSR count). The molecule has 0 aliphatic carbocycles. The number of aliphatic hydroxyl groups is 6. The van der Waals surface area contributed by atoms with Crippen LogP contribution < -0.4 is 20.1 Å². The molecule has 10 atom stereocenters. The lowest BCUT2D eigenvalue weighted by molar-refractivity contribution is -0.219. The largest absolute Gasteiger partial charge is 0.487 e. The Kier molecular flexibility index (Phi) is 11.2. The summed E-state index contributed by atoms with van der Waals surface area (Å²) in [6, 6.07) is 4.55. The molecular formula is C28H38N8O12. The molecule has 48 heavy (non-hydrogen) atoms. The third kappa shape index (κ3) is 7.88. The summed E-state index contributed by atoms with van der Waals surface area (Å²) in [5, 5.41) is 81.9. The van der Waals surface area contributed by atoms with Crippen molar-refractivity contribution in [2.24, 2.45) is 0 Å². The van der Waals surface area contributed by atoms with Crippen LogP contribution in [0.4, 0.5) is 0 Å². The number of carbonyl (C=O) groups is 2. The lowest BCUT2D eigenvalue weighted by atomic mass is 9.96. The van der Waals surface area contributed by atoms with Gasteiger partial charge in [-0.25, -0.2) is 9.36 Å². The van der Waals surface area contributed by atoms with Crippen molar-refractivity contribution in [2.45, 2.75) is 88.2 Å². The van der Waals surface area contributed by atoms with Gasteiger partial charge in [0.1, 0.15) is 84.8 Å². The predicted molar refractivity (Wildman–Crippen MR) is 156 cm³/mol. The Hall–Kier alpha value is -4.28. The van der Waals surface area contributed by atoms with Gasteiger partial charge in [0.15, 0.2) is 12.5 Å². The summed E-state index contributed by atoms with van der Waals surface area (Å²) in [7, 11) is 0. The van der Waals surface area contributed by atoms with E-state index in [0.717, 1.165) is 0 Å². The number of aliphatic hydroxyl groups excluding tert-OH is 6. The van der Waals surface area contributed by atoms with Crippen LogP contribution in [0.3, 0.4) is 0 Å². The molecule has 2 amide bonds. The summed E-state index contributed by atoms with van der Waals surface area (Å²) >= 11 is 0. The lowest BCUT2D eigenvalue weighted by Gasteiger charge is -2.42. The second-order valence-electron chi connectivity index (χ2n) is 11.3. The van der Waals surface area contributed by atoms with E-state index >= 15 is 0 Å². The van der Waals surface area contributed by atoms with Crippen molar-refractivity contribution in [3.05, 3.63) is 48.0 Å². The molecule has 20 nitrogen and oxygen atoms in total. The van der Waals surface area contributed by atoms with Crippen LogP contribution in [0.2, 0.25) is 0 Å². The maximum atomic E-state index is 11.7. The molecule has 20 heteroatoms. The van der Waals surface area contributed by atoms with Gasteiger partial charge in [0.05, 0.1) is 25.6 Å². The van der Waals surface area contributed by atoms with Crippen LogP contribution >= 0.6 is 0 Å². The molecule has 0 radical (unpaired) electrons. The fourth-order valence-corrected chi connectivity index (χ4v) is 5.41. The van der Waals surface area contributed by atoms with Gasteiger partial charge in [0.2, 0.25) is 11.8 Å². The van der Waals surface area contributed by atoms with Gasteiger partial charge in [-0.05, 0) is 12.1 Å². The summed E-state index contributed by atoms with van der Waals surface area (Å²) in [4.78, 5) is 23.5. The minimum atomic E-state index is -1.44. The Morgan fingerprint density at radius 1 is 0.750 bits per heavy atom. The molecule has 2 saturated heterocycles. The summed E-state index contributed by atoms with van der Waals surface area (Å²) in [6.07, 6.45) is -7.18. The van der Waals surface area contributed by atoms with Crippen molar-refractivity contribution in [1.82, 2.24) is 40.6 Å². The van der Waals surface area contributed by atoms with E-state index in [-0.39, 0.29) is 13.2 Å². The van der Waals surface area contributed by atoms with Crippen LogP contribution in [-0.2, 0) is 32.3 Å². The molecule has 0 saturated carbocycles. The van der Waals surface area contributed by atoms with Gasteiger partial charge in [-0.1, -0.05) is 16.5 Å². The third-order valence-corrected chi connectivity index (χ3v) is 7.76. The number of nitrogens with one attached hydrogen (secondary N) is 2. The molecule has 8 N–H and O–H groups in total. The molecule has 2 fully saturated rings. The minimum absolute atomic E-state index is 0.0316. The third-order valence-electron chi connectivity index (χ3n) is 7.76. The van der Waals surface area contributed by atoms with Crippen LogP contribution in [0.1, 0.15) is 37.7 Å². The number of hydrogen-bond donors (Lipinski definition) is 8. The second-order valence-corrected chi connectivity index (χ2v) is 11.3. The van der Waals surface area contributed by atoms with Gasteiger partial charge >= 0.3 is 0 Å². The summed E-state index contributed by atoms with van der Waals surface area (Å²) in [6.45, 7) is 1.29.